The van der Waals surface area contributed by atoms with Crippen LogP contribution in [0.2, 0.25) is 5.02 Å². The summed E-state index contributed by atoms with van der Waals surface area (Å²) in [4.78, 5) is 17.9. The van der Waals surface area contributed by atoms with E-state index < -0.39 is 5.97 Å². The number of benzene rings is 1. The van der Waals surface area contributed by atoms with Crippen molar-refractivity contribution in [2.75, 3.05) is 0 Å². The summed E-state index contributed by atoms with van der Waals surface area (Å²) < 4.78 is 6.33. The monoisotopic (exact) mass is 345 g/mol. The molecule has 1 aliphatic rings. The lowest BCUT2D eigenvalue weighted by Crippen LogP contribution is -2.03. The van der Waals surface area contributed by atoms with Crippen molar-refractivity contribution in [3.05, 3.63) is 62.3 Å². The van der Waals surface area contributed by atoms with Gasteiger partial charge in [0.2, 0.25) is 5.90 Å². The summed E-state index contributed by atoms with van der Waals surface area (Å²) in [6.07, 6.45) is 1.72. The zero-order chi connectivity index (χ0) is 15.1. The third kappa shape index (κ3) is 2.27. The minimum absolute atomic E-state index is 0.277. The predicted octanol–water partition coefficient (Wildman–Crippen LogP) is 4.96. The van der Waals surface area contributed by atoms with E-state index in [1.54, 1.807) is 6.08 Å². The number of hydrogen-bond acceptors (Lipinski definition) is 5. The Balaban J connectivity index is 1.79. The van der Waals surface area contributed by atoms with Crippen LogP contribution in [0.3, 0.4) is 0 Å². The molecule has 1 aliphatic heterocycles. The maximum Gasteiger partial charge on any atom is 0.363 e. The Labute approximate surface area is 139 Å². The number of carbonyl (C=O) groups is 1. The molecule has 0 radical (unpaired) electrons. The Morgan fingerprint density at radius 3 is 2.82 bits per heavy atom. The molecule has 0 atom stereocenters. The van der Waals surface area contributed by atoms with Crippen LogP contribution in [0, 0.1) is 0 Å². The molecule has 0 saturated carbocycles. The van der Waals surface area contributed by atoms with Gasteiger partial charge in [-0.3, -0.25) is 0 Å². The van der Waals surface area contributed by atoms with Crippen LogP contribution < -0.4 is 0 Å². The molecule has 0 saturated heterocycles. The number of aliphatic imine (C=N–C) groups is 1. The molecule has 0 aliphatic carbocycles. The third-order valence-electron chi connectivity index (χ3n) is 3.17. The number of halogens is 1. The maximum absolute atomic E-state index is 12.0. The van der Waals surface area contributed by atoms with E-state index in [-0.39, 0.29) is 5.90 Å². The van der Waals surface area contributed by atoms with E-state index in [1.807, 2.05) is 41.8 Å². The maximum atomic E-state index is 12.0. The van der Waals surface area contributed by atoms with Crippen LogP contribution in [0.4, 0.5) is 0 Å². The summed E-state index contributed by atoms with van der Waals surface area (Å²) in [5.74, 6) is -0.170. The first kappa shape index (κ1) is 13.7. The average Bonchev–Trinajstić information content (AvgIpc) is 3.22. The van der Waals surface area contributed by atoms with Crippen molar-refractivity contribution in [2.45, 2.75) is 0 Å². The molecule has 2 aromatic heterocycles. The molecular formula is C16H8ClNO2S2. The molecule has 108 valence electrons. The molecule has 3 heterocycles. The quantitative estimate of drug-likeness (QED) is 0.486. The van der Waals surface area contributed by atoms with Gasteiger partial charge >= 0.3 is 5.97 Å². The molecule has 1 aromatic carbocycles. The number of nitrogens with zero attached hydrogens (tertiary/aromatic N) is 1. The standard InChI is InChI=1S/C16H8ClNO2S2/c17-13-10-5-1-2-6-12(10)22-14(13)15-18-11(16(19)20-15)8-9-4-3-7-21-9/h1-8H/b11-8+. The van der Waals surface area contributed by atoms with Crippen molar-refractivity contribution >= 4 is 62.3 Å². The van der Waals surface area contributed by atoms with Crippen LogP contribution >= 0.6 is 34.3 Å². The fraction of sp³-hybridized carbons (Fsp3) is 0. The van der Waals surface area contributed by atoms with Crippen molar-refractivity contribution in [1.82, 2.24) is 0 Å². The average molecular weight is 346 g/mol. The Morgan fingerprint density at radius 2 is 2.05 bits per heavy atom. The van der Waals surface area contributed by atoms with Gasteiger partial charge in [0, 0.05) is 15.0 Å². The van der Waals surface area contributed by atoms with Gasteiger partial charge in [-0.25, -0.2) is 9.79 Å². The lowest BCUT2D eigenvalue weighted by Gasteiger charge is -1.95. The number of carbonyl (C=O) groups excluding carboxylic acids is 1. The second-order valence-electron chi connectivity index (χ2n) is 4.59. The number of rotatable bonds is 2. The van der Waals surface area contributed by atoms with Crippen LogP contribution in [0.5, 0.6) is 0 Å². The molecule has 3 aromatic rings. The van der Waals surface area contributed by atoms with E-state index in [1.165, 1.54) is 22.7 Å². The van der Waals surface area contributed by atoms with Crippen molar-refractivity contribution in [3.8, 4) is 0 Å². The number of cyclic esters (lactones) is 1. The fourth-order valence-electron chi connectivity index (χ4n) is 2.17. The zero-order valence-corrected chi connectivity index (χ0v) is 13.5. The van der Waals surface area contributed by atoms with Crippen LogP contribution in [-0.4, -0.2) is 11.9 Å². The molecule has 0 bridgehead atoms. The topological polar surface area (TPSA) is 38.7 Å². The van der Waals surface area contributed by atoms with Crippen LogP contribution in [0.25, 0.3) is 16.2 Å². The van der Waals surface area contributed by atoms with Gasteiger partial charge in [0.1, 0.15) is 4.88 Å². The predicted molar refractivity (Wildman–Crippen MR) is 91.8 cm³/mol. The van der Waals surface area contributed by atoms with Crippen molar-refractivity contribution < 1.29 is 9.53 Å². The van der Waals surface area contributed by atoms with Crippen LogP contribution in [-0.2, 0) is 9.53 Å². The highest BCUT2D eigenvalue weighted by molar-refractivity contribution is 7.21. The Kier molecular flexibility index (Phi) is 3.33. The SMILES string of the molecule is O=C1OC(c2sc3ccccc3c2Cl)=N/C1=C/c1cccs1. The second kappa shape index (κ2) is 5.35. The number of hydrogen-bond donors (Lipinski definition) is 0. The molecular weight excluding hydrogens is 338 g/mol. The lowest BCUT2D eigenvalue weighted by molar-refractivity contribution is -0.129. The van der Waals surface area contributed by atoms with E-state index in [0.29, 0.717) is 15.6 Å². The summed E-state index contributed by atoms with van der Waals surface area (Å²) in [5.41, 5.74) is 0.297. The minimum Gasteiger partial charge on any atom is -0.401 e. The molecule has 3 nitrogen and oxygen atoms in total. The highest BCUT2D eigenvalue weighted by Crippen LogP contribution is 2.37. The van der Waals surface area contributed by atoms with Gasteiger partial charge in [-0.15, -0.1) is 22.7 Å². The van der Waals surface area contributed by atoms with Gasteiger partial charge in [-0.05, 0) is 23.6 Å². The Morgan fingerprint density at radius 1 is 1.18 bits per heavy atom. The smallest absolute Gasteiger partial charge is 0.363 e. The fourth-order valence-corrected chi connectivity index (χ4v) is 4.26. The molecule has 4 rings (SSSR count). The van der Waals surface area contributed by atoms with Gasteiger partial charge < -0.3 is 4.74 Å². The van der Waals surface area contributed by atoms with E-state index in [4.69, 9.17) is 16.3 Å². The summed E-state index contributed by atoms with van der Waals surface area (Å²) in [5, 5.41) is 3.46. The molecule has 0 unspecified atom stereocenters. The van der Waals surface area contributed by atoms with Crippen LogP contribution in [0.1, 0.15) is 9.75 Å². The van der Waals surface area contributed by atoms with Crippen molar-refractivity contribution in [2.24, 2.45) is 4.99 Å². The van der Waals surface area contributed by atoms with E-state index in [9.17, 15) is 4.79 Å². The first-order valence-electron chi connectivity index (χ1n) is 6.46. The molecule has 0 amide bonds. The molecule has 0 fully saturated rings. The van der Waals surface area contributed by atoms with Gasteiger partial charge in [0.15, 0.2) is 5.70 Å². The van der Waals surface area contributed by atoms with Crippen molar-refractivity contribution in [1.29, 1.82) is 0 Å². The first-order valence-corrected chi connectivity index (χ1v) is 8.53. The molecule has 6 heteroatoms. The molecule has 0 N–H and O–H groups in total. The van der Waals surface area contributed by atoms with Crippen molar-refractivity contribution in [3.63, 3.8) is 0 Å². The Bertz CT molecular complexity index is 938. The number of esters is 1. The third-order valence-corrected chi connectivity index (χ3v) is 5.65. The number of ether oxygens (including phenoxy) is 1. The first-order chi connectivity index (χ1) is 10.7. The highest BCUT2D eigenvalue weighted by Gasteiger charge is 2.27. The summed E-state index contributed by atoms with van der Waals surface area (Å²) in [6, 6.07) is 11.6. The Hall–Kier alpha value is -1.95. The second-order valence-corrected chi connectivity index (χ2v) is 7.00. The highest BCUT2D eigenvalue weighted by atomic mass is 35.5. The zero-order valence-electron chi connectivity index (χ0n) is 11.1. The lowest BCUT2D eigenvalue weighted by atomic mass is 10.2. The van der Waals surface area contributed by atoms with E-state index >= 15 is 0 Å². The summed E-state index contributed by atoms with van der Waals surface area (Å²) in [6.45, 7) is 0. The molecule has 22 heavy (non-hydrogen) atoms. The van der Waals surface area contributed by atoms with Crippen LogP contribution in [0.15, 0.2) is 52.5 Å². The molecule has 0 spiro atoms. The number of thiophene rings is 2. The van der Waals surface area contributed by atoms with E-state index in [2.05, 4.69) is 4.99 Å². The minimum atomic E-state index is -0.447. The number of fused-ring (bicyclic) bond motifs is 1. The largest absolute Gasteiger partial charge is 0.401 e. The summed E-state index contributed by atoms with van der Waals surface area (Å²) in [7, 11) is 0. The normalized spacial score (nSPS) is 16.3. The van der Waals surface area contributed by atoms with Gasteiger partial charge in [-0.2, -0.15) is 0 Å². The van der Waals surface area contributed by atoms with Gasteiger partial charge in [-0.1, -0.05) is 35.9 Å². The van der Waals surface area contributed by atoms with E-state index in [0.717, 1.165) is 15.0 Å². The summed E-state index contributed by atoms with van der Waals surface area (Å²) >= 11 is 9.40. The van der Waals surface area contributed by atoms with Gasteiger partial charge in [0.05, 0.1) is 5.02 Å². The van der Waals surface area contributed by atoms with Gasteiger partial charge in [0.25, 0.3) is 0 Å².